The summed E-state index contributed by atoms with van der Waals surface area (Å²) in [6, 6.07) is 7.48. The van der Waals surface area contributed by atoms with Crippen molar-refractivity contribution in [1.29, 1.82) is 0 Å². The van der Waals surface area contributed by atoms with Gasteiger partial charge in [0.25, 0.3) is 0 Å². The number of fused-ring (bicyclic) bond motifs is 1. The summed E-state index contributed by atoms with van der Waals surface area (Å²) < 4.78 is 0. The highest BCUT2D eigenvalue weighted by Crippen LogP contribution is 2.28. The van der Waals surface area contributed by atoms with E-state index in [0.29, 0.717) is 6.04 Å². The normalized spacial score (nSPS) is 26.0. The molecule has 98 valence electrons. The van der Waals surface area contributed by atoms with Crippen LogP contribution < -0.4 is 5.32 Å². The molecule has 1 fully saturated rings. The van der Waals surface area contributed by atoms with Gasteiger partial charge in [0.2, 0.25) is 0 Å². The molecule has 0 bridgehead atoms. The number of hydrogen-bond acceptors (Lipinski definition) is 3. The Hall–Kier alpha value is -0.900. The van der Waals surface area contributed by atoms with E-state index in [4.69, 9.17) is 0 Å². The Morgan fingerprint density at radius 2 is 1.94 bits per heavy atom. The van der Waals surface area contributed by atoms with Gasteiger partial charge in [-0.1, -0.05) is 23.8 Å². The summed E-state index contributed by atoms with van der Waals surface area (Å²) in [5.74, 6) is 0. The number of hydrogen-bond donors (Lipinski definition) is 1. The Morgan fingerprint density at radius 3 is 2.72 bits per heavy atom. The maximum absolute atomic E-state index is 3.56. The molecule has 0 radical (unpaired) electrons. The minimum Gasteiger partial charge on any atom is -0.311 e. The second-order valence-corrected chi connectivity index (χ2v) is 5.69. The van der Waals surface area contributed by atoms with Crippen LogP contribution in [0, 0.1) is 6.92 Å². The highest BCUT2D eigenvalue weighted by Gasteiger charge is 2.27. The van der Waals surface area contributed by atoms with Crippen molar-refractivity contribution in [2.75, 3.05) is 39.8 Å². The van der Waals surface area contributed by atoms with Crippen LogP contribution in [0.1, 0.15) is 22.7 Å². The smallest absolute Gasteiger partial charge is 0.0477 e. The number of benzene rings is 1. The van der Waals surface area contributed by atoms with Crippen LogP contribution in [0.15, 0.2) is 18.2 Å². The quantitative estimate of drug-likeness (QED) is 0.806. The number of rotatable bonds is 1. The highest BCUT2D eigenvalue weighted by molar-refractivity contribution is 5.36. The molecule has 0 unspecified atom stereocenters. The predicted octanol–water partition coefficient (Wildman–Crippen LogP) is 1.39. The van der Waals surface area contributed by atoms with E-state index in [2.05, 4.69) is 47.3 Å². The fourth-order valence-corrected chi connectivity index (χ4v) is 3.10. The van der Waals surface area contributed by atoms with E-state index < -0.39 is 0 Å². The van der Waals surface area contributed by atoms with Crippen LogP contribution in [0.2, 0.25) is 0 Å². The first-order chi connectivity index (χ1) is 8.74. The number of likely N-dealkylation sites (N-methyl/N-ethyl adjacent to an activating group) is 1. The van der Waals surface area contributed by atoms with Crippen molar-refractivity contribution in [3.05, 3.63) is 34.9 Å². The summed E-state index contributed by atoms with van der Waals surface area (Å²) in [4.78, 5) is 5.06. The maximum Gasteiger partial charge on any atom is 0.0477 e. The van der Waals surface area contributed by atoms with Crippen molar-refractivity contribution in [2.45, 2.75) is 19.5 Å². The van der Waals surface area contributed by atoms with Gasteiger partial charge in [0.1, 0.15) is 0 Å². The zero-order valence-corrected chi connectivity index (χ0v) is 11.4. The zero-order chi connectivity index (χ0) is 12.5. The van der Waals surface area contributed by atoms with Crippen molar-refractivity contribution in [1.82, 2.24) is 15.1 Å². The van der Waals surface area contributed by atoms with Crippen LogP contribution >= 0.6 is 0 Å². The molecule has 1 atom stereocenters. The van der Waals surface area contributed by atoms with Gasteiger partial charge < -0.3 is 10.2 Å². The third kappa shape index (κ3) is 2.30. The summed E-state index contributed by atoms with van der Waals surface area (Å²) in [7, 11) is 2.22. The Labute approximate surface area is 110 Å². The molecule has 0 saturated carbocycles. The Balaban J connectivity index is 1.84. The van der Waals surface area contributed by atoms with Crippen LogP contribution in [-0.4, -0.2) is 49.6 Å². The monoisotopic (exact) mass is 245 g/mol. The van der Waals surface area contributed by atoms with Crippen molar-refractivity contribution in [3.8, 4) is 0 Å². The molecule has 2 heterocycles. The standard InChI is InChI=1S/C15H23N3/c1-12-3-4-13-10-16-11-15(14(13)9-12)18-7-5-17(2)6-8-18/h3-4,9,15-16H,5-8,10-11H2,1-2H3/t15-/m0/s1. The molecular formula is C15H23N3. The molecule has 1 aromatic carbocycles. The van der Waals surface area contributed by atoms with Crippen molar-refractivity contribution in [2.24, 2.45) is 0 Å². The predicted molar refractivity (Wildman–Crippen MR) is 74.7 cm³/mol. The van der Waals surface area contributed by atoms with Crippen LogP contribution in [0.4, 0.5) is 0 Å². The highest BCUT2D eigenvalue weighted by atomic mass is 15.3. The second-order valence-electron chi connectivity index (χ2n) is 5.69. The van der Waals surface area contributed by atoms with Gasteiger partial charge in [-0.25, -0.2) is 0 Å². The summed E-state index contributed by atoms with van der Waals surface area (Å²) in [5.41, 5.74) is 4.42. The number of aryl methyl sites for hydroxylation is 1. The minimum absolute atomic E-state index is 0.572. The van der Waals surface area contributed by atoms with Gasteiger partial charge in [-0.05, 0) is 25.1 Å². The maximum atomic E-state index is 3.56. The summed E-state index contributed by atoms with van der Waals surface area (Å²) in [5, 5.41) is 3.56. The van der Waals surface area contributed by atoms with E-state index in [9.17, 15) is 0 Å². The third-order valence-electron chi connectivity index (χ3n) is 4.29. The van der Waals surface area contributed by atoms with Crippen LogP contribution in [0.3, 0.4) is 0 Å². The average molecular weight is 245 g/mol. The van der Waals surface area contributed by atoms with Crippen LogP contribution in [-0.2, 0) is 6.54 Å². The topological polar surface area (TPSA) is 18.5 Å². The first kappa shape index (κ1) is 12.2. The molecule has 0 amide bonds. The molecule has 18 heavy (non-hydrogen) atoms. The average Bonchev–Trinajstić information content (AvgIpc) is 2.39. The molecule has 0 aromatic heterocycles. The van der Waals surface area contributed by atoms with Gasteiger partial charge in [-0.15, -0.1) is 0 Å². The fourth-order valence-electron chi connectivity index (χ4n) is 3.10. The Bertz CT molecular complexity index is 422. The first-order valence-corrected chi connectivity index (χ1v) is 6.97. The van der Waals surface area contributed by atoms with Gasteiger partial charge in [-0.2, -0.15) is 0 Å². The summed E-state index contributed by atoms with van der Waals surface area (Å²) >= 11 is 0. The van der Waals surface area contributed by atoms with Crippen molar-refractivity contribution >= 4 is 0 Å². The lowest BCUT2D eigenvalue weighted by molar-refractivity contribution is 0.106. The molecule has 3 nitrogen and oxygen atoms in total. The second kappa shape index (κ2) is 5.00. The largest absolute Gasteiger partial charge is 0.311 e. The van der Waals surface area contributed by atoms with Gasteiger partial charge in [0, 0.05) is 45.3 Å². The van der Waals surface area contributed by atoms with Gasteiger partial charge in [-0.3, -0.25) is 4.90 Å². The molecule has 1 N–H and O–H groups in total. The van der Waals surface area contributed by atoms with E-state index in [-0.39, 0.29) is 0 Å². The molecule has 3 heteroatoms. The fraction of sp³-hybridized carbons (Fsp3) is 0.600. The third-order valence-corrected chi connectivity index (χ3v) is 4.29. The van der Waals surface area contributed by atoms with E-state index in [1.54, 1.807) is 5.56 Å². The number of nitrogens with zero attached hydrogens (tertiary/aromatic N) is 2. The molecule has 1 aromatic rings. The van der Waals surface area contributed by atoms with Crippen molar-refractivity contribution < 1.29 is 0 Å². The van der Waals surface area contributed by atoms with E-state index in [1.807, 2.05) is 0 Å². The lowest BCUT2D eigenvalue weighted by Gasteiger charge is -2.40. The Kier molecular flexibility index (Phi) is 3.37. The van der Waals surface area contributed by atoms with Gasteiger partial charge in [0.15, 0.2) is 0 Å². The van der Waals surface area contributed by atoms with E-state index in [1.165, 1.54) is 37.3 Å². The molecule has 2 aliphatic heterocycles. The van der Waals surface area contributed by atoms with Gasteiger partial charge >= 0.3 is 0 Å². The molecule has 0 spiro atoms. The van der Waals surface area contributed by atoms with E-state index in [0.717, 1.165) is 13.1 Å². The number of nitrogens with one attached hydrogen (secondary N) is 1. The molecule has 0 aliphatic carbocycles. The molecule has 1 saturated heterocycles. The zero-order valence-electron chi connectivity index (χ0n) is 11.4. The van der Waals surface area contributed by atoms with E-state index >= 15 is 0 Å². The number of piperazine rings is 1. The SMILES string of the molecule is Cc1ccc2c(c1)[C@@H](N1CCN(C)CC1)CNC2. The molecule has 3 rings (SSSR count). The van der Waals surface area contributed by atoms with Gasteiger partial charge in [0.05, 0.1) is 0 Å². The Morgan fingerprint density at radius 1 is 1.17 bits per heavy atom. The summed E-state index contributed by atoms with van der Waals surface area (Å²) in [6.07, 6.45) is 0. The minimum atomic E-state index is 0.572. The molecular weight excluding hydrogens is 222 g/mol. The summed E-state index contributed by atoms with van der Waals surface area (Å²) in [6.45, 7) is 9.09. The molecule has 2 aliphatic rings. The lowest BCUT2D eigenvalue weighted by atomic mass is 9.93. The van der Waals surface area contributed by atoms with Crippen LogP contribution in [0.5, 0.6) is 0 Å². The lowest BCUT2D eigenvalue weighted by Crippen LogP contribution is -2.49. The van der Waals surface area contributed by atoms with Crippen molar-refractivity contribution in [3.63, 3.8) is 0 Å². The van der Waals surface area contributed by atoms with Crippen LogP contribution in [0.25, 0.3) is 0 Å². The first-order valence-electron chi connectivity index (χ1n) is 6.97.